The Morgan fingerprint density at radius 2 is 1.97 bits per heavy atom. The van der Waals surface area contributed by atoms with Crippen LogP contribution in [0.5, 0.6) is 11.5 Å². The van der Waals surface area contributed by atoms with Gasteiger partial charge in [-0.05, 0) is 56.0 Å². The van der Waals surface area contributed by atoms with Crippen LogP contribution in [0.15, 0.2) is 51.4 Å². The van der Waals surface area contributed by atoms with Gasteiger partial charge < -0.3 is 18.8 Å². The van der Waals surface area contributed by atoms with Crippen molar-refractivity contribution in [3.05, 3.63) is 86.4 Å². The van der Waals surface area contributed by atoms with Crippen LogP contribution >= 0.6 is 0 Å². The van der Waals surface area contributed by atoms with Gasteiger partial charge in [-0.15, -0.1) is 0 Å². The number of hydrogen-bond donors (Lipinski definition) is 1. The third kappa shape index (κ3) is 3.39. The van der Waals surface area contributed by atoms with E-state index in [1.54, 1.807) is 24.3 Å². The number of aryl methyl sites for hydroxylation is 2. The van der Waals surface area contributed by atoms with Crippen LogP contribution in [-0.2, 0) is 13.1 Å². The van der Waals surface area contributed by atoms with E-state index in [0.29, 0.717) is 47.2 Å². The number of pyridine rings is 1. The molecule has 174 valence electrons. The molecule has 2 bridgehead atoms. The van der Waals surface area contributed by atoms with Crippen molar-refractivity contribution in [3.63, 3.8) is 0 Å². The molecule has 3 aliphatic rings. The molecule has 2 atom stereocenters. The number of aromatic hydroxyl groups is 1. The lowest BCUT2D eigenvalue weighted by molar-refractivity contribution is 0.101. The first kappa shape index (κ1) is 21.0. The number of allylic oxidation sites excluding steroid dienone is 1. The van der Waals surface area contributed by atoms with Crippen molar-refractivity contribution in [1.29, 1.82) is 0 Å². The number of hydrogen-bond acceptors (Lipinski definition) is 6. The summed E-state index contributed by atoms with van der Waals surface area (Å²) in [6.07, 6.45) is 2.66. The lowest BCUT2D eigenvalue weighted by Gasteiger charge is -2.42. The molecule has 34 heavy (non-hydrogen) atoms. The first-order valence-electron chi connectivity index (χ1n) is 11.7. The van der Waals surface area contributed by atoms with Gasteiger partial charge in [0.1, 0.15) is 23.0 Å². The summed E-state index contributed by atoms with van der Waals surface area (Å²) in [5, 5.41) is 10.8. The number of rotatable bonds is 3. The summed E-state index contributed by atoms with van der Waals surface area (Å²) in [5.41, 5.74) is 2.95. The average Bonchev–Trinajstić information content (AvgIpc) is 3.35. The normalized spacial score (nSPS) is 22.5. The molecule has 3 aromatic rings. The highest BCUT2D eigenvalue weighted by Crippen LogP contribution is 2.43. The van der Waals surface area contributed by atoms with Crippen LogP contribution in [0.3, 0.4) is 0 Å². The fraction of sp³-hybridized carbons (Fsp3) is 0.333. The van der Waals surface area contributed by atoms with Gasteiger partial charge in [0.25, 0.3) is 5.56 Å². The molecule has 2 aromatic heterocycles. The van der Waals surface area contributed by atoms with Crippen LogP contribution in [0.1, 0.15) is 51.0 Å². The van der Waals surface area contributed by atoms with Crippen LogP contribution in [0.2, 0.25) is 0 Å². The Labute approximate surface area is 196 Å². The summed E-state index contributed by atoms with van der Waals surface area (Å²) in [4.78, 5) is 27.8. The number of benzene rings is 1. The fourth-order valence-electron chi connectivity index (χ4n) is 5.74. The third-order valence-corrected chi connectivity index (χ3v) is 7.19. The van der Waals surface area contributed by atoms with Crippen LogP contribution in [0, 0.1) is 19.8 Å². The van der Waals surface area contributed by atoms with Crippen molar-refractivity contribution in [3.8, 4) is 11.5 Å². The van der Waals surface area contributed by atoms with Crippen LogP contribution in [-0.4, -0.2) is 33.4 Å². The molecular weight excluding hydrogens is 432 g/mol. The maximum atomic E-state index is 13.2. The number of ether oxygens (including phenoxy) is 1. The van der Waals surface area contributed by atoms with Gasteiger partial charge in [0.05, 0.1) is 11.1 Å². The topological polar surface area (TPSA) is 84.9 Å². The number of nitrogens with zero attached hydrogens (tertiary/aromatic N) is 2. The Morgan fingerprint density at radius 3 is 2.76 bits per heavy atom. The Hall–Kier alpha value is -3.58. The standard InChI is InChI=1S/C27H26N2O5/c1-15-8-22(30)20(27-25(15)26(32)23(34-27)10-19-7-6-16(2)33-19)14-28-11-17-9-18(13-28)21-4-3-5-24(31)29(21)12-17/h3-8,10,17-18,30H,9,11-14H2,1-2H3/b23-10-/t17-,18+/m1/s1. The molecule has 0 radical (unpaired) electrons. The van der Waals surface area contributed by atoms with Gasteiger partial charge in [0, 0.05) is 49.9 Å². The lowest BCUT2D eigenvalue weighted by atomic mass is 9.83. The van der Waals surface area contributed by atoms with Gasteiger partial charge in [0.15, 0.2) is 5.76 Å². The van der Waals surface area contributed by atoms with Crippen LogP contribution in [0.4, 0.5) is 0 Å². The minimum absolute atomic E-state index is 0.0626. The molecule has 0 spiro atoms. The smallest absolute Gasteiger partial charge is 0.250 e. The predicted molar refractivity (Wildman–Crippen MR) is 126 cm³/mol. The number of fused-ring (bicyclic) bond motifs is 5. The molecule has 0 aliphatic carbocycles. The fourth-order valence-corrected chi connectivity index (χ4v) is 5.74. The molecule has 5 heterocycles. The van der Waals surface area contributed by atoms with Crippen molar-refractivity contribution >= 4 is 11.9 Å². The average molecular weight is 459 g/mol. The van der Waals surface area contributed by atoms with Gasteiger partial charge in [-0.2, -0.15) is 0 Å². The Balaban J connectivity index is 1.31. The number of likely N-dealkylation sites (tertiary alicyclic amines) is 1. The van der Waals surface area contributed by atoms with E-state index in [4.69, 9.17) is 9.15 Å². The zero-order chi connectivity index (χ0) is 23.6. The molecule has 6 rings (SSSR count). The first-order valence-corrected chi connectivity index (χ1v) is 11.7. The molecular formula is C27H26N2O5. The van der Waals surface area contributed by atoms with E-state index in [0.717, 1.165) is 31.0 Å². The van der Waals surface area contributed by atoms with Gasteiger partial charge in [-0.1, -0.05) is 6.07 Å². The highest BCUT2D eigenvalue weighted by Gasteiger charge is 2.37. The molecule has 1 aromatic carbocycles. The Morgan fingerprint density at radius 1 is 1.12 bits per heavy atom. The molecule has 1 fully saturated rings. The van der Waals surface area contributed by atoms with E-state index in [9.17, 15) is 14.7 Å². The van der Waals surface area contributed by atoms with Crippen LogP contribution < -0.4 is 10.3 Å². The maximum Gasteiger partial charge on any atom is 0.250 e. The van der Waals surface area contributed by atoms with Gasteiger partial charge >= 0.3 is 0 Å². The summed E-state index contributed by atoms with van der Waals surface area (Å²) in [5.74, 6) is 2.50. The summed E-state index contributed by atoms with van der Waals surface area (Å²) < 4.78 is 13.5. The number of aromatic nitrogens is 1. The quantitative estimate of drug-likeness (QED) is 0.598. The van der Waals surface area contributed by atoms with Crippen molar-refractivity contribution in [1.82, 2.24) is 9.47 Å². The van der Waals surface area contributed by atoms with Crippen molar-refractivity contribution in [2.75, 3.05) is 13.1 Å². The van der Waals surface area contributed by atoms with E-state index in [1.165, 1.54) is 0 Å². The van der Waals surface area contributed by atoms with E-state index in [1.807, 2.05) is 36.6 Å². The molecule has 7 nitrogen and oxygen atoms in total. The zero-order valence-corrected chi connectivity index (χ0v) is 19.2. The molecule has 7 heteroatoms. The molecule has 0 unspecified atom stereocenters. The third-order valence-electron chi connectivity index (χ3n) is 7.19. The Kier molecular flexibility index (Phi) is 4.78. The Bertz CT molecular complexity index is 1410. The number of carbonyl (C=O) groups excluding carboxylic acids is 1. The molecule has 0 saturated carbocycles. The summed E-state index contributed by atoms with van der Waals surface area (Å²) >= 11 is 0. The number of piperidine rings is 1. The first-order chi connectivity index (χ1) is 16.4. The SMILES string of the molecule is Cc1ccc(/C=C2\Oc3c(CN4C[C@H]5C[C@@H](C4)c4cccc(=O)n4C5)c(O)cc(C)c3C2=O)o1. The number of furan rings is 1. The minimum Gasteiger partial charge on any atom is -0.507 e. The highest BCUT2D eigenvalue weighted by molar-refractivity contribution is 6.15. The highest BCUT2D eigenvalue weighted by atomic mass is 16.5. The zero-order valence-electron chi connectivity index (χ0n) is 19.2. The summed E-state index contributed by atoms with van der Waals surface area (Å²) in [6.45, 7) is 6.44. The largest absolute Gasteiger partial charge is 0.507 e. The van der Waals surface area contributed by atoms with E-state index in [-0.39, 0.29) is 28.8 Å². The number of ketones is 1. The molecule has 0 amide bonds. The summed E-state index contributed by atoms with van der Waals surface area (Å²) in [6, 6.07) is 10.8. The second kappa shape index (κ2) is 7.74. The lowest BCUT2D eigenvalue weighted by Crippen LogP contribution is -2.46. The predicted octanol–water partition coefficient (Wildman–Crippen LogP) is 4.00. The van der Waals surface area contributed by atoms with Crippen molar-refractivity contribution < 1.29 is 19.1 Å². The van der Waals surface area contributed by atoms with Gasteiger partial charge in [-0.25, -0.2) is 0 Å². The van der Waals surface area contributed by atoms with Crippen molar-refractivity contribution in [2.45, 2.75) is 39.3 Å². The maximum absolute atomic E-state index is 13.2. The number of phenols is 1. The minimum atomic E-state index is -0.202. The second-order valence-electron chi connectivity index (χ2n) is 9.68. The molecule has 1 saturated heterocycles. The van der Waals surface area contributed by atoms with Gasteiger partial charge in [0.2, 0.25) is 5.78 Å². The number of carbonyl (C=O) groups is 1. The number of phenolic OH excluding ortho intramolecular Hbond substituents is 1. The number of Topliss-reactive ketones (excluding diaryl/α,β-unsaturated/α-hetero) is 1. The van der Waals surface area contributed by atoms with Crippen molar-refractivity contribution in [2.24, 2.45) is 5.92 Å². The molecule has 1 N–H and O–H groups in total. The van der Waals surface area contributed by atoms with Crippen LogP contribution in [0.25, 0.3) is 6.08 Å². The van der Waals surface area contributed by atoms with E-state index >= 15 is 0 Å². The monoisotopic (exact) mass is 458 g/mol. The molecule has 3 aliphatic heterocycles. The van der Waals surface area contributed by atoms with E-state index < -0.39 is 0 Å². The second-order valence-corrected chi connectivity index (χ2v) is 9.68. The van der Waals surface area contributed by atoms with E-state index in [2.05, 4.69) is 4.90 Å². The van der Waals surface area contributed by atoms with Gasteiger partial charge in [-0.3, -0.25) is 14.5 Å². The summed E-state index contributed by atoms with van der Waals surface area (Å²) in [7, 11) is 0.